The Hall–Kier alpha value is -2.92. The van der Waals surface area contributed by atoms with Crippen LogP contribution in [0, 0.1) is 5.92 Å². The molecule has 2 fully saturated rings. The smallest absolute Gasteiger partial charge is 0.364 e. The zero-order valence-corrected chi connectivity index (χ0v) is 17.1. The van der Waals surface area contributed by atoms with Crippen LogP contribution in [0.2, 0.25) is 0 Å². The Kier molecular flexibility index (Phi) is 5.71. The number of nitrogens with zero attached hydrogens (tertiary/aromatic N) is 5. The van der Waals surface area contributed by atoms with E-state index in [4.69, 9.17) is 0 Å². The minimum atomic E-state index is -4.35. The summed E-state index contributed by atoms with van der Waals surface area (Å²) in [5, 5.41) is 5.56. The number of rotatable bonds is 7. The van der Waals surface area contributed by atoms with Gasteiger partial charge in [0.25, 0.3) is 5.91 Å². The molecule has 0 spiro atoms. The van der Waals surface area contributed by atoms with E-state index in [-0.39, 0.29) is 23.7 Å². The molecule has 4 rings (SSSR count). The standard InChI is InChI=1S/C19H24F3N7O2/c1-2-29-15-13(27-16(29)17(30)23-7-6-19(20,21)22)14(24-10-25-15)26-12-5-8-28(9-12)18(31)11-3-4-11/h10-12H,2-9H2,1H3,(H,23,30)(H,24,25,26)/t12-/m0/s1. The fourth-order valence-electron chi connectivity index (χ4n) is 3.77. The number of aromatic nitrogens is 4. The van der Waals surface area contributed by atoms with E-state index in [1.54, 1.807) is 11.5 Å². The van der Waals surface area contributed by atoms with Gasteiger partial charge in [0.15, 0.2) is 17.0 Å². The summed E-state index contributed by atoms with van der Waals surface area (Å²) >= 11 is 0. The molecule has 1 saturated heterocycles. The maximum absolute atomic E-state index is 12.4. The number of fused-ring (bicyclic) bond motifs is 1. The zero-order chi connectivity index (χ0) is 22.2. The van der Waals surface area contributed by atoms with Gasteiger partial charge in [-0.3, -0.25) is 9.59 Å². The van der Waals surface area contributed by atoms with Gasteiger partial charge in [-0.1, -0.05) is 0 Å². The number of aryl methyl sites for hydroxylation is 1. The second kappa shape index (κ2) is 8.31. The summed E-state index contributed by atoms with van der Waals surface area (Å²) < 4.78 is 38.7. The lowest BCUT2D eigenvalue weighted by molar-refractivity contribution is -0.133. The van der Waals surface area contributed by atoms with Crippen molar-refractivity contribution in [2.24, 2.45) is 5.92 Å². The molecule has 3 heterocycles. The third kappa shape index (κ3) is 4.72. The van der Waals surface area contributed by atoms with Gasteiger partial charge in [-0.05, 0) is 26.2 Å². The summed E-state index contributed by atoms with van der Waals surface area (Å²) in [6.45, 7) is 2.87. The summed E-state index contributed by atoms with van der Waals surface area (Å²) in [6, 6.07) is -0.00311. The van der Waals surface area contributed by atoms with Crippen molar-refractivity contribution in [3.05, 3.63) is 12.2 Å². The average Bonchev–Trinajstić information content (AvgIpc) is 3.34. The van der Waals surface area contributed by atoms with Crippen LogP contribution in [0.5, 0.6) is 0 Å². The lowest BCUT2D eigenvalue weighted by Crippen LogP contribution is -2.32. The molecule has 12 heteroatoms. The SMILES string of the molecule is CCn1c(C(=O)NCCC(F)(F)F)nc2c(N[C@H]3CCN(C(=O)C4CC4)C3)ncnc21. The van der Waals surface area contributed by atoms with Crippen LogP contribution in [0.3, 0.4) is 0 Å². The fourth-order valence-corrected chi connectivity index (χ4v) is 3.77. The molecule has 2 amide bonds. The predicted molar refractivity (Wildman–Crippen MR) is 105 cm³/mol. The van der Waals surface area contributed by atoms with Crippen LogP contribution < -0.4 is 10.6 Å². The Labute approximate surface area is 176 Å². The second-order valence-electron chi connectivity index (χ2n) is 7.88. The lowest BCUT2D eigenvalue weighted by Gasteiger charge is -2.17. The number of nitrogens with one attached hydrogen (secondary N) is 2. The van der Waals surface area contributed by atoms with Gasteiger partial charge in [-0.2, -0.15) is 13.2 Å². The Morgan fingerprint density at radius 3 is 2.68 bits per heavy atom. The largest absolute Gasteiger partial charge is 0.390 e. The highest BCUT2D eigenvalue weighted by Gasteiger charge is 2.37. The van der Waals surface area contributed by atoms with Gasteiger partial charge in [0.2, 0.25) is 11.7 Å². The molecule has 0 bridgehead atoms. The first-order chi connectivity index (χ1) is 14.8. The molecule has 1 aliphatic carbocycles. The quantitative estimate of drug-likeness (QED) is 0.683. The number of imidazole rings is 1. The number of hydrogen-bond donors (Lipinski definition) is 2. The Bertz CT molecular complexity index is 987. The van der Waals surface area contributed by atoms with E-state index >= 15 is 0 Å². The van der Waals surface area contributed by atoms with Crippen LogP contribution in [0.15, 0.2) is 6.33 Å². The number of carbonyl (C=O) groups excluding carboxylic acids is 2. The van der Waals surface area contributed by atoms with E-state index in [2.05, 4.69) is 25.6 Å². The van der Waals surface area contributed by atoms with Crippen molar-refractivity contribution in [2.45, 2.75) is 51.4 Å². The van der Waals surface area contributed by atoms with Gasteiger partial charge in [-0.15, -0.1) is 0 Å². The van der Waals surface area contributed by atoms with Gasteiger partial charge in [0.05, 0.1) is 6.42 Å². The van der Waals surface area contributed by atoms with Crippen molar-refractivity contribution in [3.8, 4) is 0 Å². The van der Waals surface area contributed by atoms with Crippen LogP contribution in [0.25, 0.3) is 11.2 Å². The number of carbonyl (C=O) groups is 2. The number of amides is 2. The topological polar surface area (TPSA) is 105 Å². The van der Waals surface area contributed by atoms with E-state index < -0.39 is 25.0 Å². The van der Waals surface area contributed by atoms with E-state index in [0.29, 0.717) is 36.6 Å². The first-order valence-electron chi connectivity index (χ1n) is 10.4. The molecule has 9 nitrogen and oxygen atoms in total. The number of halogens is 3. The Morgan fingerprint density at radius 2 is 2.00 bits per heavy atom. The third-order valence-electron chi connectivity index (χ3n) is 5.51. The molecule has 2 aliphatic rings. The summed E-state index contributed by atoms with van der Waals surface area (Å²) in [4.78, 5) is 39.4. The van der Waals surface area contributed by atoms with Crippen molar-refractivity contribution in [1.82, 2.24) is 29.7 Å². The average molecular weight is 439 g/mol. The van der Waals surface area contributed by atoms with E-state index in [1.165, 1.54) is 6.33 Å². The molecule has 168 valence electrons. The van der Waals surface area contributed by atoms with Crippen LogP contribution in [0.4, 0.5) is 19.0 Å². The molecule has 31 heavy (non-hydrogen) atoms. The molecule has 0 radical (unpaired) electrons. The molecule has 2 aromatic rings. The van der Waals surface area contributed by atoms with E-state index in [1.807, 2.05) is 4.90 Å². The number of likely N-dealkylation sites (tertiary alicyclic amines) is 1. The van der Waals surface area contributed by atoms with Gasteiger partial charge in [0.1, 0.15) is 6.33 Å². The van der Waals surface area contributed by atoms with Gasteiger partial charge in [0, 0.05) is 38.1 Å². The van der Waals surface area contributed by atoms with Crippen molar-refractivity contribution in [2.75, 3.05) is 25.0 Å². The van der Waals surface area contributed by atoms with Crippen molar-refractivity contribution in [3.63, 3.8) is 0 Å². The van der Waals surface area contributed by atoms with Crippen molar-refractivity contribution < 1.29 is 22.8 Å². The fraction of sp³-hybridized carbons (Fsp3) is 0.632. The minimum absolute atomic E-state index is 0.00311. The first-order valence-corrected chi connectivity index (χ1v) is 10.4. The second-order valence-corrected chi connectivity index (χ2v) is 7.88. The Balaban J connectivity index is 1.50. The van der Waals surface area contributed by atoms with Crippen molar-refractivity contribution >= 4 is 28.8 Å². The molecular formula is C19H24F3N7O2. The normalized spacial score (nSPS) is 19.1. The molecule has 1 saturated carbocycles. The maximum atomic E-state index is 12.4. The maximum Gasteiger partial charge on any atom is 0.390 e. The molecule has 1 aliphatic heterocycles. The predicted octanol–water partition coefficient (Wildman–Crippen LogP) is 1.95. The summed E-state index contributed by atoms with van der Waals surface area (Å²) in [6.07, 6.45) is -1.42. The number of hydrogen-bond acceptors (Lipinski definition) is 6. The third-order valence-corrected chi connectivity index (χ3v) is 5.51. The Morgan fingerprint density at radius 1 is 1.23 bits per heavy atom. The molecule has 0 unspecified atom stereocenters. The van der Waals surface area contributed by atoms with Crippen LogP contribution >= 0.6 is 0 Å². The highest BCUT2D eigenvalue weighted by molar-refractivity contribution is 5.96. The van der Waals surface area contributed by atoms with Gasteiger partial charge in [-0.25, -0.2) is 15.0 Å². The van der Waals surface area contributed by atoms with E-state index in [0.717, 1.165) is 19.3 Å². The van der Waals surface area contributed by atoms with Crippen molar-refractivity contribution in [1.29, 1.82) is 0 Å². The summed E-state index contributed by atoms with van der Waals surface area (Å²) in [5.41, 5.74) is 0.794. The summed E-state index contributed by atoms with van der Waals surface area (Å²) in [7, 11) is 0. The zero-order valence-electron chi connectivity index (χ0n) is 17.1. The molecule has 1 atom stereocenters. The first kappa shape index (κ1) is 21.3. The van der Waals surface area contributed by atoms with Gasteiger partial charge >= 0.3 is 6.18 Å². The summed E-state index contributed by atoms with van der Waals surface area (Å²) in [5.74, 6) is 0.0953. The van der Waals surface area contributed by atoms with Crippen LogP contribution in [-0.4, -0.2) is 68.1 Å². The minimum Gasteiger partial charge on any atom is -0.364 e. The molecular weight excluding hydrogens is 415 g/mol. The highest BCUT2D eigenvalue weighted by atomic mass is 19.4. The highest BCUT2D eigenvalue weighted by Crippen LogP contribution is 2.32. The number of alkyl halides is 3. The lowest BCUT2D eigenvalue weighted by atomic mass is 10.2. The monoisotopic (exact) mass is 439 g/mol. The van der Waals surface area contributed by atoms with Crippen LogP contribution in [-0.2, 0) is 11.3 Å². The molecule has 0 aromatic carbocycles. The number of anilines is 1. The molecule has 2 N–H and O–H groups in total. The van der Waals surface area contributed by atoms with Crippen LogP contribution in [0.1, 0.15) is 43.2 Å². The molecule has 2 aromatic heterocycles. The van der Waals surface area contributed by atoms with E-state index in [9.17, 15) is 22.8 Å². The van der Waals surface area contributed by atoms with Gasteiger partial charge < -0.3 is 20.1 Å².